The molecule has 0 saturated carbocycles. The average molecular weight is 279 g/mol. The molecule has 1 aromatic carbocycles. The van der Waals surface area contributed by atoms with Crippen molar-refractivity contribution >= 4 is 17.0 Å². The third-order valence-electron chi connectivity index (χ3n) is 2.54. The van der Waals surface area contributed by atoms with Crippen molar-refractivity contribution in [3.8, 4) is 6.07 Å². The number of nitrogens with one attached hydrogen (secondary N) is 1. The zero-order chi connectivity index (χ0) is 14.0. The smallest absolute Gasteiger partial charge is 0.150 e. The maximum atomic E-state index is 13.7. The molecule has 2 aromatic rings. The zero-order valence-corrected chi connectivity index (χ0v) is 11.2. The van der Waals surface area contributed by atoms with Crippen LogP contribution in [0.25, 0.3) is 0 Å². The minimum Gasteiger partial charge on any atom is -0.371 e. The van der Waals surface area contributed by atoms with Gasteiger partial charge in [-0.1, -0.05) is 0 Å². The largest absolute Gasteiger partial charge is 0.371 e. The third kappa shape index (κ3) is 2.88. The van der Waals surface area contributed by atoms with E-state index in [2.05, 4.69) is 10.3 Å². The Morgan fingerprint density at radius 2 is 2.00 bits per heavy atom. The van der Waals surface area contributed by atoms with Crippen LogP contribution < -0.4 is 5.32 Å². The number of thiazole rings is 1. The lowest BCUT2D eigenvalue weighted by atomic mass is 10.2. The van der Waals surface area contributed by atoms with Gasteiger partial charge in [0.1, 0.15) is 10.7 Å². The van der Waals surface area contributed by atoms with Crippen molar-refractivity contribution in [2.45, 2.75) is 19.9 Å². The van der Waals surface area contributed by atoms with Crippen LogP contribution in [0.5, 0.6) is 0 Å². The molecule has 1 heterocycles. The summed E-state index contributed by atoms with van der Waals surface area (Å²) in [5.41, 5.74) is 0.590. The topological polar surface area (TPSA) is 48.7 Å². The number of hydrogen-bond acceptors (Lipinski definition) is 4. The Morgan fingerprint density at radius 1 is 1.37 bits per heavy atom. The molecule has 1 unspecified atom stereocenters. The van der Waals surface area contributed by atoms with Crippen LogP contribution >= 0.6 is 11.3 Å². The van der Waals surface area contributed by atoms with Gasteiger partial charge in [0, 0.05) is 11.1 Å². The van der Waals surface area contributed by atoms with Crippen LogP contribution in [-0.2, 0) is 0 Å². The first-order valence-corrected chi connectivity index (χ1v) is 6.47. The molecule has 0 saturated heterocycles. The molecule has 1 N–H and O–H groups in total. The van der Waals surface area contributed by atoms with E-state index in [1.807, 2.05) is 12.3 Å². The van der Waals surface area contributed by atoms with Crippen LogP contribution in [-0.4, -0.2) is 4.98 Å². The van der Waals surface area contributed by atoms with E-state index in [0.717, 1.165) is 22.8 Å². The maximum Gasteiger partial charge on any atom is 0.150 e. The van der Waals surface area contributed by atoms with Gasteiger partial charge < -0.3 is 5.32 Å². The molecule has 6 heteroatoms. The summed E-state index contributed by atoms with van der Waals surface area (Å²) in [5.74, 6) is -1.56. The second kappa shape index (κ2) is 5.33. The van der Waals surface area contributed by atoms with Crippen molar-refractivity contribution in [3.05, 3.63) is 45.4 Å². The van der Waals surface area contributed by atoms with Crippen molar-refractivity contribution in [2.75, 3.05) is 5.32 Å². The normalized spacial score (nSPS) is 11.9. The number of halogens is 2. The summed E-state index contributed by atoms with van der Waals surface area (Å²) >= 11 is 1.43. The zero-order valence-electron chi connectivity index (χ0n) is 10.4. The van der Waals surface area contributed by atoms with Gasteiger partial charge in [-0.05, 0) is 26.0 Å². The Balaban J connectivity index is 2.27. The summed E-state index contributed by atoms with van der Waals surface area (Å²) < 4.78 is 27.4. The van der Waals surface area contributed by atoms with E-state index in [-0.39, 0.29) is 17.3 Å². The molecule has 0 amide bonds. The molecular formula is C13H11F2N3S. The first-order valence-electron chi connectivity index (χ1n) is 5.59. The van der Waals surface area contributed by atoms with Gasteiger partial charge in [0.2, 0.25) is 0 Å². The summed E-state index contributed by atoms with van der Waals surface area (Å²) in [5, 5.41) is 14.0. The monoisotopic (exact) mass is 279 g/mol. The van der Waals surface area contributed by atoms with Crippen LogP contribution in [0.3, 0.4) is 0 Å². The van der Waals surface area contributed by atoms with E-state index >= 15 is 0 Å². The van der Waals surface area contributed by atoms with Crippen LogP contribution in [0.2, 0.25) is 0 Å². The summed E-state index contributed by atoms with van der Waals surface area (Å²) in [6.45, 7) is 3.63. The minimum atomic E-state index is -0.781. The van der Waals surface area contributed by atoms with Gasteiger partial charge >= 0.3 is 0 Å². The van der Waals surface area contributed by atoms with Crippen molar-refractivity contribution < 1.29 is 8.78 Å². The molecule has 3 nitrogen and oxygen atoms in total. The molecule has 19 heavy (non-hydrogen) atoms. The molecule has 98 valence electrons. The van der Waals surface area contributed by atoms with Crippen LogP contribution in [0, 0.1) is 29.9 Å². The number of anilines is 1. The van der Waals surface area contributed by atoms with Gasteiger partial charge in [-0.15, -0.1) is 11.3 Å². The van der Waals surface area contributed by atoms with E-state index in [0.29, 0.717) is 0 Å². The van der Waals surface area contributed by atoms with Crippen LogP contribution in [0.1, 0.15) is 29.2 Å². The number of nitrogens with zero attached hydrogens (tertiary/aromatic N) is 2. The van der Waals surface area contributed by atoms with Gasteiger partial charge in [0.05, 0.1) is 17.7 Å². The summed E-state index contributed by atoms with van der Waals surface area (Å²) in [4.78, 5) is 4.26. The number of hydrogen-bond donors (Lipinski definition) is 1. The minimum absolute atomic E-state index is 0.0432. The first-order chi connectivity index (χ1) is 9.01. The Labute approximate surface area is 113 Å². The van der Waals surface area contributed by atoms with E-state index in [1.54, 1.807) is 13.0 Å². The molecule has 0 radical (unpaired) electrons. The highest BCUT2D eigenvalue weighted by atomic mass is 32.1. The lowest BCUT2D eigenvalue weighted by Crippen LogP contribution is -2.09. The number of benzene rings is 1. The molecule has 0 fully saturated rings. The standard InChI is InChI=1S/C13H11F2N3S/c1-7-6-19-13(17-7)8(2)18-12-10(14)3-9(5-16)4-11(12)15/h3-4,6,8,18H,1-2H3. The van der Waals surface area contributed by atoms with Crippen molar-refractivity contribution in [1.29, 1.82) is 5.26 Å². The second-order valence-electron chi connectivity index (χ2n) is 4.12. The van der Waals surface area contributed by atoms with Crippen LogP contribution in [0.4, 0.5) is 14.5 Å². The second-order valence-corrected chi connectivity index (χ2v) is 5.01. The van der Waals surface area contributed by atoms with Crippen molar-refractivity contribution in [2.24, 2.45) is 0 Å². The Hall–Kier alpha value is -2.00. The van der Waals surface area contributed by atoms with E-state index in [1.165, 1.54) is 11.3 Å². The molecule has 0 aliphatic heterocycles. The molecule has 0 spiro atoms. The SMILES string of the molecule is Cc1csc(C(C)Nc2c(F)cc(C#N)cc2F)n1. The quantitative estimate of drug-likeness (QED) is 0.930. The molecule has 0 bridgehead atoms. The fourth-order valence-electron chi connectivity index (χ4n) is 1.62. The van der Waals surface area contributed by atoms with Crippen molar-refractivity contribution in [1.82, 2.24) is 4.98 Å². The predicted molar refractivity (Wildman–Crippen MR) is 70.0 cm³/mol. The number of aryl methyl sites for hydroxylation is 1. The Morgan fingerprint density at radius 3 is 2.47 bits per heavy atom. The predicted octanol–water partition coefficient (Wildman–Crippen LogP) is 3.77. The van der Waals surface area contributed by atoms with Crippen molar-refractivity contribution in [3.63, 3.8) is 0 Å². The average Bonchev–Trinajstić information content (AvgIpc) is 2.80. The van der Waals surface area contributed by atoms with E-state index in [4.69, 9.17) is 5.26 Å². The van der Waals surface area contributed by atoms with Gasteiger partial charge in [-0.3, -0.25) is 0 Å². The lowest BCUT2D eigenvalue weighted by molar-refractivity contribution is 0.583. The Kier molecular flexibility index (Phi) is 3.76. The maximum absolute atomic E-state index is 13.7. The number of nitriles is 1. The third-order valence-corrected chi connectivity index (χ3v) is 3.68. The highest BCUT2D eigenvalue weighted by Gasteiger charge is 2.16. The van der Waals surface area contributed by atoms with Gasteiger partial charge in [-0.25, -0.2) is 13.8 Å². The number of rotatable bonds is 3. The van der Waals surface area contributed by atoms with Gasteiger partial charge in [0.15, 0.2) is 11.6 Å². The molecule has 0 aliphatic carbocycles. The van der Waals surface area contributed by atoms with E-state index in [9.17, 15) is 8.78 Å². The van der Waals surface area contributed by atoms with Gasteiger partial charge in [0.25, 0.3) is 0 Å². The lowest BCUT2D eigenvalue weighted by Gasteiger charge is -2.14. The van der Waals surface area contributed by atoms with Gasteiger partial charge in [-0.2, -0.15) is 5.26 Å². The Bertz CT molecular complexity index is 623. The number of aromatic nitrogens is 1. The molecule has 1 aromatic heterocycles. The highest BCUT2D eigenvalue weighted by Crippen LogP contribution is 2.27. The summed E-state index contributed by atoms with van der Waals surface area (Å²) in [6, 6.07) is 3.41. The van der Waals surface area contributed by atoms with Crippen LogP contribution in [0.15, 0.2) is 17.5 Å². The fourth-order valence-corrected chi connectivity index (χ4v) is 2.43. The first kappa shape index (κ1) is 13.4. The summed E-state index contributed by atoms with van der Waals surface area (Å²) in [7, 11) is 0. The molecule has 0 aliphatic rings. The fraction of sp³-hybridized carbons (Fsp3) is 0.231. The molecule has 1 atom stereocenters. The van der Waals surface area contributed by atoms with E-state index < -0.39 is 11.6 Å². The highest BCUT2D eigenvalue weighted by molar-refractivity contribution is 7.09. The molecule has 2 rings (SSSR count). The summed E-state index contributed by atoms with van der Waals surface area (Å²) in [6.07, 6.45) is 0. The molecular weight excluding hydrogens is 268 g/mol.